The molecule has 24 heavy (non-hydrogen) atoms. The minimum atomic E-state index is 0.888. The van der Waals surface area contributed by atoms with E-state index < -0.39 is 0 Å². The maximum atomic E-state index is 4.68. The number of pyridine rings is 1. The number of hydrogen-bond acceptors (Lipinski definition) is 3. The van der Waals surface area contributed by atoms with Gasteiger partial charge in [-0.25, -0.2) is 0 Å². The van der Waals surface area contributed by atoms with Gasteiger partial charge in [0.05, 0.1) is 17.6 Å². The molecule has 0 saturated carbocycles. The number of nitrogens with zero attached hydrogens (tertiary/aromatic N) is 2. The van der Waals surface area contributed by atoms with Crippen molar-refractivity contribution in [1.29, 1.82) is 0 Å². The van der Waals surface area contributed by atoms with Crippen molar-refractivity contribution in [2.24, 2.45) is 4.99 Å². The van der Waals surface area contributed by atoms with E-state index in [0.29, 0.717) is 0 Å². The van der Waals surface area contributed by atoms with Crippen molar-refractivity contribution in [3.05, 3.63) is 76.0 Å². The lowest BCUT2D eigenvalue weighted by atomic mass is 10.0. The fourth-order valence-corrected chi connectivity index (χ4v) is 3.86. The molecule has 0 radical (unpaired) electrons. The van der Waals surface area contributed by atoms with E-state index in [9.17, 15) is 0 Å². The number of rotatable bonds is 4. The molecule has 1 aromatic carbocycles. The highest BCUT2D eigenvalue weighted by molar-refractivity contribution is 8.03. The van der Waals surface area contributed by atoms with Gasteiger partial charge in [-0.2, -0.15) is 0 Å². The van der Waals surface area contributed by atoms with Crippen LogP contribution in [0.5, 0.6) is 0 Å². The Morgan fingerprint density at radius 1 is 1.04 bits per heavy atom. The molecule has 1 aromatic heterocycles. The SMILES string of the molecule is CC1=CCCC(C)=C1Sc1ccccc1N=Cc1cccc(C)n1. The van der Waals surface area contributed by atoms with Gasteiger partial charge in [-0.15, -0.1) is 0 Å². The fourth-order valence-electron chi connectivity index (χ4n) is 2.75. The first-order valence-electron chi connectivity index (χ1n) is 8.25. The Morgan fingerprint density at radius 2 is 1.88 bits per heavy atom. The Balaban J connectivity index is 1.87. The number of aliphatic imine (C=N–C) groups is 1. The molecule has 0 spiro atoms. The van der Waals surface area contributed by atoms with Gasteiger partial charge in [-0.1, -0.05) is 41.6 Å². The second kappa shape index (κ2) is 7.63. The molecular formula is C21H22N2S. The van der Waals surface area contributed by atoms with Gasteiger partial charge in [0.25, 0.3) is 0 Å². The lowest BCUT2D eigenvalue weighted by Gasteiger charge is -2.17. The number of thioether (sulfide) groups is 1. The third-order valence-corrected chi connectivity index (χ3v) is 5.48. The minimum absolute atomic E-state index is 0.888. The zero-order chi connectivity index (χ0) is 16.9. The molecular weight excluding hydrogens is 312 g/mol. The molecule has 3 heteroatoms. The van der Waals surface area contributed by atoms with E-state index in [-0.39, 0.29) is 0 Å². The summed E-state index contributed by atoms with van der Waals surface area (Å²) in [6.45, 7) is 6.43. The second-order valence-electron chi connectivity index (χ2n) is 6.07. The number of aromatic nitrogens is 1. The van der Waals surface area contributed by atoms with Crippen LogP contribution in [0, 0.1) is 6.92 Å². The number of allylic oxidation sites excluding steroid dienone is 3. The van der Waals surface area contributed by atoms with Crippen molar-refractivity contribution in [3.8, 4) is 0 Å². The van der Waals surface area contributed by atoms with Crippen LogP contribution >= 0.6 is 11.8 Å². The topological polar surface area (TPSA) is 25.2 Å². The van der Waals surface area contributed by atoms with Crippen LogP contribution < -0.4 is 0 Å². The molecule has 0 unspecified atom stereocenters. The van der Waals surface area contributed by atoms with Crippen molar-refractivity contribution >= 4 is 23.7 Å². The van der Waals surface area contributed by atoms with Crippen LogP contribution in [-0.4, -0.2) is 11.2 Å². The van der Waals surface area contributed by atoms with Crippen molar-refractivity contribution < 1.29 is 0 Å². The zero-order valence-corrected chi connectivity index (χ0v) is 15.2. The number of para-hydroxylation sites is 1. The smallest absolute Gasteiger partial charge is 0.0815 e. The second-order valence-corrected chi connectivity index (χ2v) is 7.12. The van der Waals surface area contributed by atoms with Gasteiger partial charge < -0.3 is 0 Å². The van der Waals surface area contributed by atoms with Gasteiger partial charge in [0.1, 0.15) is 0 Å². The van der Waals surface area contributed by atoms with Crippen LogP contribution in [0.1, 0.15) is 38.1 Å². The highest BCUT2D eigenvalue weighted by atomic mass is 32.2. The minimum Gasteiger partial charge on any atom is -0.253 e. The number of benzene rings is 1. The number of hydrogen-bond donors (Lipinski definition) is 0. The lowest BCUT2D eigenvalue weighted by Crippen LogP contribution is -1.94. The first-order chi connectivity index (χ1) is 11.6. The van der Waals surface area contributed by atoms with Crippen LogP contribution in [-0.2, 0) is 0 Å². The van der Waals surface area contributed by atoms with Gasteiger partial charge in [0, 0.05) is 15.5 Å². The van der Waals surface area contributed by atoms with E-state index in [1.54, 1.807) is 0 Å². The van der Waals surface area contributed by atoms with Crippen molar-refractivity contribution in [1.82, 2.24) is 4.98 Å². The zero-order valence-electron chi connectivity index (χ0n) is 14.4. The van der Waals surface area contributed by atoms with Crippen LogP contribution in [0.25, 0.3) is 0 Å². The molecule has 0 N–H and O–H groups in total. The van der Waals surface area contributed by atoms with Gasteiger partial charge in [-0.05, 0) is 63.5 Å². The first kappa shape index (κ1) is 16.7. The Hall–Kier alpha value is -2.13. The van der Waals surface area contributed by atoms with Crippen molar-refractivity contribution in [2.45, 2.75) is 38.5 Å². The summed E-state index contributed by atoms with van der Waals surface area (Å²) >= 11 is 1.82. The summed E-state index contributed by atoms with van der Waals surface area (Å²) in [5.41, 5.74) is 5.73. The van der Waals surface area contributed by atoms with E-state index in [1.807, 2.05) is 49.2 Å². The summed E-state index contributed by atoms with van der Waals surface area (Å²) in [6.07, 6.45) is 6.48. The molecule has 0 amide bonds. The van der Waals surface area contributed by atoms with Crippen LogP contribution in [0.4, 0.5) is 5.69 Å². The predicted octanol–water partition coefficient (Wildman–Crippen LogP) is 6.25. The molecule has 0 atom stereocenters. The molecule has 0 aliphatic heterocycles. The third kappa shape index (κ3) is 4.04. The highest BCUT2D eigenvalue weighted by Crippen LogP contribution is 2.41. The van der Waals surface area contributed by atoms with Crippen LogP contribution in [0.2, 0.25) is 0 Å². The normalized spacial score (nSPS) is 15.0. The average molecular weight is 334 g/mol. The van der Waals surface area contributed by atoms with E-state index in [2.05, 4.69) is 48.1 Å². The van der Waals surface area contributed by atoms with Gasteiger partial charge in [0.2, 0.25) is 0 Å². The standard InChI is InChI=1S/C21H22N2S/c1-15-8-6-9-16(2)21(15)24-20-13-5-4-12-19(20)22-14-18-11-7-10-17(3)23-18/h4-5,7-8,10-14H,6,9H2,1-3H3. The Morgan fingerprint density at radius 3 is 2.67 bits per heavy atom. The molecule has 0 saturated heterocycles. The van der Waals surface area contributed by atoms with Gasteiger partial charge in [0.15, 0.2) is 0 Å². The average Bonchev–Trinajstić information content (AvgIpc) is 2.57. The Labute approximate surface area is 148 Å². The van der Waals surface area contributed by atoms with E-state index in [4.69, 9.17) is 0 Å². The summed E-state index contributed by atoms with van der Waals surface area (Å²) in [6, 6.07) is 14.3. The molecule has 2 aromatic rings. The first-order valence-corrected chi connectivity index (χ1v) is 9.06. The highest BCUT2D eigenvalue weighted by Gasteiger charge is 2.13. The maximum absolute atomic E-state index is 4.68. The predicted molar refractivity (Wildman–Crippen MR) is 104 cm³/mol. The summed E-state index contributed by atoms with van der Waals surface area (Å²) in [4.78, 5) is 11.7. The molecule has 1 aliphatic carbocycles. The molecule has 0 bridgehead atoms. The summed E-state index contributed by atoms with van der Waals surface area (Å²) in [5.74, 6) is 0. The molecule has 122 valence electrons. The Bertz CT molecular complexity index is 831. The van der Waals surface area contributed by atoms with Gasteiger partial charge in [-0.3, -0.25) is 9.98 Å². The lowest BCUT2D eigenvalue weighted by molar-refractivity contribution is 0.940. The quantitative estimate of drug-likeness (QED) is 0.618. The van der Waals surface area contributed by atoms with Crippen molar-refractivity contribution in [3.63, 3.8) is 0 Å². The summed E-state index contributed by atoms with van der Waals surface area (Å²) in [5, 5.41) is 0. The van der Waals surface area contributed by atoms with Crippen molar-refractivity contribution in [2.75, 3.05) is 0 Å². The van der Waals surface area contributed by atoms with E-state index >= 15 is 0 Å². The monoisotopic (exact) mass is 334 g/mol. The molecule has 1 heterocycles. The van der Waals surface area contributed by atoms with Gasteiger partial charge >= 0.3 is 0 Å². The molecule has 2 nitrogen and oxygen atoms in total. The fraction of sp³-hybridized carbons (Fsp3) is 0.238. The Kier molecular flexibility index (Phi) is 5.31. The van der Waals surface area contributed by atoms with Crippen LogP contribution in [0.3, 0.4) is 0 Å². The molecule has 3 rings (SSSR count). The van der Waals surface area contributed by atoms with Crippen LogP contribution in [0.15, 0.2) is 74.5 Å². The number of aryl methyl sites for hydroxylation is 1. The molecule has 1 aliphatic rings. The third-order valence-electron chi connectivity index (χ3n) is 4.04. The summed E-state index contributed by atoms with van der Waals surface area (Å²) < 4.78 is 0. The van der Waals surface area contributed by atoms with E-state index in [1.165, 1.54) is 20.9 Å². The summed E-state index contributed by atoms with van der Waals surface area (Å²) in [7, 11) is 0. The molecule has 0 fully saturated rings. The van der Waals surface area contributed by atoms with E-state index in [0.717, 1.165) is 29.9 Å². The maximum Gasteiger partial charge on any atom is 0.0815 e. The largest absolute Gasteiger partial charge is 0.253 e.